The molecule has 10 heteroatoms. The van der Waals surface area contributed by atoms with Crippen molar-refractivity contribution >= 4 is 17.5 Å². The van der Waals surface area contributed by atoms with Crippen LogP contribution < -0.4 is 19.9 Å². The van der Waals surface area contributed by atoms with Crippen molar-refractivity contribution in [3.8, 4) is 5.75 Å². The zero-order chi connectivity index (χ0) is 27.0. The van der Waals surface area contributed by atoms with Crippen LogP contribution in [-0.4, -0.2) is 95.9 Å². The third kappa shape index (κ3) is 6.97. The average molecular weight is 538 g/mol. The molecule has 5 rings (SSSR count). The number of hydrogen-bond acceptors (Lipinski definition) is 9. The van der Waals surface area contributed by atoms with E-state index in [4.69, 9.17) is 4.74 Å². The van der Waals surface area contributed by atoms with Gasteiger partial charge in [-0.3, -0.25) is 9.69 Å². The Labute approximate surface area is 231 Å². The second-order valence-electron chi connectivity index (χ2n) is 11.0. The van der Waals surface area contributed by atoms with Gasteiger partial charge >= 0.3 is 0 Å². The third-order valence-electron chi connectivity index (χ3n) is 8.37. The largest absolute Gasteiger partial charge is 0.493 e. The summed E-state index contributed by atoms with van der Waals surface area (Å²) in [5, 5.41) is 12.5. The first-order valence-corrected chi connectivity index (χ1v) is 14.7. The number of aliphatic hydroxyl groups excluding tert-OH is 1. The summed E-state index contributed by atoms with van der Waals surface area (Å²) in [4.78, 5) is 33.2. The van der Waals surface area contributed by atoms with Gasteiger partial charge in [0.1, 0.15) is 23.1 Å². The molecule has 39 heavy (non-hydrogen) atoms. The summed E-state index contributed by atoms with van der Waals surface area (Å²) in [5.41, 5.74) is 1.62. The molecule has 2 N–H and O–H groups in total. The minimum atomic E-state index is -0.148. The predicted molar refractivity (Wildman–Crippen MR) is 152 cm³/mol. The Balaban J connectivity index is 1.01. The van der Waals surface area contributed by atoms with E-state index in [0.717, 1.165) is 102 Å². The van der Waals surface area contributed by atoms with Gasteiger partial charge in [0.2, 0.25) is 0 Å². The monoisotopic (exact) mass is 537 g/mol. The number of piperazine rings is 1. The maximum absolute atomic E-state index is 12.8. The zero-order valence-corrected chi connectivity index (χ0v) is 23.2. The van der Waals surface area contributed by atoms with Gasteiger partial charge in [-0.1, -0.05) is 6.92 Å². The maximum Gasteiger partial charge on any atom is 0.271 e. The van der Waals surface area contributed by atoms with Crippen LogP contribution in [0.5, 0.6) is 5.75 Å². The molecule has 212 valence electrons. The first-order chi connectivity index (χ1) is 19.1. The maximum atomic E-state index is 12.8. The van der Waals surface area contributed by atoms with Crippen LogP contribution in [0.15, 0.2) is 24.7 Å². The number of ether oxygens (including phenoxy) is 1. The summed E-state index contributed by atoms with van der Waals surface area (Å²) in [5.74, 6) is 3.39. The number of amides is 1. The molecule has 3 aliphatic rings. The van der Waals surface area contributed by atoms with Crippen LogP contribution >= 0.6 is 0 Å². The standard InChI is InChI=1S/C29H43N7O3/c1-2-11-35(17-18-37)27-21-31-25(20-32-27)29(38)33-23-5-3-22(4-6-23)8-12-34-13-15-36(16-14-34)28-24-9-19-39-26(24)7-10-30-28/h7,10,20-23,37H,2-6,8-9,11-19H2,1H3,(H,33,38). The van der Waals surface area contributed by atoms with Gasteiger partial charge in [0, 0.05) is 63.5 Å². The van der Waals surface area contributed by atoms with Crippen LogP contribution in [0.4, 0.5) is 11.6 Å². The van der Waals surface area contributed by atoms with Crippen molar-refractivity contribution in [2.24, 2.45) is 5.92 Å². The quantitative estimate of drug-likeness (QED) is 0.447. The van der Waals surface area contributed by atoms with E-state index < -0.39 is 0 Å². The molecule has 4 heterocycles. The normalized spacial score (nSPS) is 21.3. The van der Waals surface area contributed by atoms with Gasteiger partial charge in [0.15, 0.2) is 0 Å². The molecule has 2 aliphatic heterocycles. The zero-order valence-electron chi connectivity index (χ0n) is 23.2. The van der Waals surface area contributed by atoms with Crippen molar-refractivity contribution in [1.82, 2.24) is 25.2 Å². The van der Waals surface area contributed by atoms with Gasteiger partial charge in [-0.2, -0.15) is 0 Å². The third-order valence-corrected chi connectivity index (χ3v) is 8.37. The molecule has 10 nitrogen and oxygen atoms in total. The number of pyridine rings is 1. The predicted octanol–water partition coefficient (Wildman–Crippen LogP) is 2.52. The lowest BCUT2D eigenvalue weighted by Crippen LogP contribution is -2.47. The van der Waals surface area contributed by atoms with Gasteiger partial charge in [-0.25, -0.2) is 15.0 Å². The van der Waals surface area contributed by atoms with Crippen molar-refractivity contribution in [2.45, 2.75) is 57.9 Å². The van der Waals surface area contributed by atoms with Gasteiger partial charge in [0.25, 0.3) is 5.91 Å². The van der Waals surface area contributed by atoms with Gasteiger partial charge < -0.3 is 25.0 Å². The van der Waals surface area contributed by atoms with Crippen LogP contribution in [0.3, 0.4) is 0 Å². The van der Waals surface area contributed by atoms with E-state index in [9.17, 15) is 9.90 Å². The van der Waals surface area contributed by atoms with E-state index in [1.165, 1.54) is 12.0 Å². The minimum absolute atomic E-state index is 0.0623. The number of nitrogens with zero attached hydrogens (tertiary/aromatic N) is 6. The molecule has 1 aliphatic carbocycles. The van der Waals surface area contributed by atoms with Gasteiger partial charge in [-0.15, -0.1) is 0 Å². The van der Waals surface area contributed by atoms with E-state index in [0.29, 0.717) is 18.1 Å². The van der Waals surface area contributed by atoms with Gasteiger partial charge in [0.05, 0.1) is 25.6 Å². The number of aliphatic hydroxyl groups is 1. The van der Waals surface area contributed by atoms with E-state index in [1.807, 2.05) is 17.2 Å². The fourth-order valence-corrected chi connectivity index (χ4v) is 6.11. The lowest BCUT2D eigenvalue weighted by atomic mass is 9.84. The van der Waals surface area contributed by atoms with Crippen LogP contribution in [0, 0.1) is 5.92 Å². The molecule has 2 aromatic heterocycles. The van der Waals surface area contributed by atoms with Gasteiger partial charge in [-0.05, 0) is 57.1 Å². The average Bonchev–Trinajstić information content (AvgIpc) is 3.46. The summed E-state index contributed by atoms with van der Waals surface area (Å²) in [6.07, 6.45) is 12.5. The van der Waals surface area contributed by atoms with Crippen LogP contribution in [0.25, 0.3) is 0 Å². The molecular formula is C29H43N7O3. The summed E-state index contributed by atoms with van der Waals surface area (Å²) in [7, 11) is 0. The molecule has 0 radical (unpaired) electrons. The topological polar surface area (TPSA) is 107 Å². The second-order valence-corrected chi connectivity index (χ2v) is 11.0. The second kappa shape index (κ2) is 13.4. The molecular weight excluding hydrogens is 494 g/mol. The Morgan fingerprint density at radius 1 is 1.10 bits per heavy atom. The number of anilines is 2. The lowest BCUT2D eigenvalue weighted by Gasteiger charge is -2.37. The van der Waals surface area contributed by atoms with Crippen molar-refractivity contribution in [1.29, 1.82) is 0 Å². The number of rotatable bonds is 11. The van der Waals surface area contributed by atoms with Crippen LogP contribution in [0.1, 0.15) is 61.5 Å². The van der Waals surface area contributed by atoms with Crippen molar-refractivity contribution in [3.63, 3.8) is 0 Å². The Hall–Kier alpha value is -2.98. The number of nitrogens with one attached hydrogen (secondary N) is 1. The SMILES string of the molecule is CCCN(CCO)c1cnc(C(=O)NC2CCC(CCN3CCN(c4nccc5c4CCO5)CC3)CC2)cn1. The molecule has 0 atom stereocenters. The highest BCUT2D eigenvalue weighted by Crippen LogP contribution is 2.32. The number of carbonyl (C=O) groups is 1. The Morgan fingerprint density at radius 3 is 2.64 bits per heavy atom. The summed E-state index contributed by atoms with van der Waals surface area (Å²) >= 11 is 0. The van der Waals surface area contributed by atoms with Crippen molar-refractivity contribution in [2.75, 3.05) is 68.8 Å². The van der Waals surface area contributed by atoms with E-state index in [2.05, 4.69) is 37.0 Å². The molecule has 1 saturated carbocycles. The Kier molecular flexibility index (Phi) is 9.47. The first kappa shape index (κ1) is 27.6. The molecule has 0 spiro atoms. The first-order valence-electron chi connectivity index (χ1n) is 14.7. The molecule has 1 amide bonds. The fourth-order valence-electron chi connectivity index (χ4n) is 6.11. The smallest absolute Gasteiger partial charge is 0.271 e. The Bertz CT molecular complexity index is 1060. The van der Waals surface area contributed by atoms with Crippen molar-refractivity contribution in [3.05, 3.63) is 35.9 Å². The molecule has 1 saturated heterocycles. The lowest BCUT2D eigenvalue weighted by molar-refractivity contribution is 0.0914. The summed E-state index contributed by atoms with van der Waals surface area (Å²) < 4.78 is 5.72. The highest BCUT2D eigenvalue weighted by Gasteiger charge is 2.27. The van der Waals surface area contributed by atoms with Crippen LogP contribution in [-0.2, 0) is 6.42 Å². The molecule has 0 unspecified atom stereocenters. The number of hydrogen-bond donors (Lipinski definition) is 2. The number of carbonyl (C=O) groups excluding carboxylic acids is 1. The Morgan fingerprint density at radius 2 is 1.92 bits per heavy atom. The highest BCUT2D eigenvalue weighted by atomic mass is 16.5. The number of aromatic nitrogens is 3. The van der Waals surface area contributed by atoms with E-state index >= 15 is 0 Å². The van der Waals surface area contributed by atoms with Crippen LogP contribution in [0.2, 0.25) is 0 Å². The van der Waals surface area contributed by atoms with E-state index in [1.54, 1.807) is 12.4 Å². The molecule has 2 fully saturated rings. The minimum Gasteiger partial charge on any atom is -0.493 e. The molecule has 2 aromatic rings. The fraction of sp³-hybridized carbons (Fsp3) is 0.655. The molecule has 0 aromatic carbocycles. The summed E-state index contributed by atoms with van der Waals surface area (Å²) in [6, 6.07) is 2.18. The highest BCUT2D eigenvalue weighted by molar-refractivity contribution is 5.92. The molecule has 0 bridgehead atoms. The number of fused-ring (bicyclic) bond motifs is 1. The summed E-state index contributed by atoms with van der Waals surface area (Å²) in [6.45, 7) is 9.55. The van der Waals surface area contributed by atoms with Crippen molar-refractivity contribution < 1.29 is 14.6 Å². The van der Waals surface area contributed by atoms with E-state index in [-0.39, 0.29) is 18.6 Å².